The maximum Gasteiger partial charge on any atom is 0.337 e. The Morgan fingerprint density at radius 2 is 1.81 bits per heavy atom. The summed E-state index contributed by atoms with van der Waals surface area (Å²) in [5.41, 5.74) is 3.26. The lowest BCUT2D eigenvalue weighted by Crippen LogP contribution is -2.17. The monoisotopic (exact) mass is 434 g/mol. The van der Waals surface area contributed by atoms with Crippen molar-refractivity contribution >= 4 is 28.5 Å². The van der Waals surface area contributed by atoms with Crippen LogP contribution in [0.1, 0.15) is 21.7 Å². The molecule has 0 aliphatic rings. The van der Waals surface area contributed by atoms with E-state index in [4.69, 9.17) is 4.74 Å². The smallest absolute Gasteiger partial charge is 0.337 e. The molecule has 0 amide bonds. The normalized spacial score (nSPS) is 10.7. The third-order valence-corrected chi connectivity index (χ3v) is 5.49. The van der Waals surface area contributed by atoms with Gasteiger partial charge in [0, 0.05) is 17.7 Å². The molecule has 0 saturated carbocycles. The minimum Gasteiger partial charge on any atom is -0.465 e. The summed E-state index contributed by atoms with van der Waals surface area (Å²) in [5.74, 6) is 0.715. The molecular weight excluding hydrogens is 415 g/mol. The molecule has 2 aromatic carbocycles. The van der Waals surface area contributed by atoms with Gasteiger partial charge in [-0.1, -0.05) is 24.3 Å². The fourth-order valence-electron chi connectivity index (χ4n) is 3.08. The van der Waals surface area contributed by atoms with Crippen molar-refractivity contribution in [2.24, 2.45) is 0 Å². The highest BCUT2D eigenvalue weighted by atomic mass is 32.1. The molecule has 2 heterocycles. The summed E-state index contributed by atoms with van der Waals surface area (Å²) in [4.78, 5) is 22.7. The second-order valence-corrected chi connectivity index (χ2v) is 7.54. The molecular formula is C23H19FN4O2S. The molecule has 0 bridgehead atoms. The van der Waals surface area contributed by atoms with Crippen LogP contribution in [0.4, 0.5) is 15.3 Å². The number of carbonyl (C=O) groups excluding carboxylic acids is 1. The van der Waals surface area contributed by atoms with Crippen molar-refractivity contribution in [3.8, 4) is 11.1 Å². The van der Waals surface area contributed by atoms with E-state index in [0.717, 1.165) is 16.7 Å². The van der Waals surface area contributed by atoms with Crippen LogP contribution in [0, 0.1) is 12.7 Å². The molecule has 4 aromatic rings. The van der Waals surface area contributed by atoms with E-state index in [2.05, 4.69) is 14.3 Å². The Morgan fingerprint density at radius 3 is 2.45 bits per heavy atom. The zero-order chi connectivity index (χ0) is 21.8. The van der Waals surface area contributed by atoms with Crippen molar-refractivity contribution in [3.63, 3.8) is 0 Å². The second kappa shape index (κ2) is 9.01. The van der Waals surface area contributed by atoms with Crippen molar-refractivity contribution in [1.29, 1.82) is 0 Å². The number of aryl methyl sites for hydroxylation is 1. The highest BCUT2D eigenvalue weighted by molar-refractivity contribution is 7.09. The van der Waals surface area contributed by atoms with Gasteiger partial charge in [0.05, 0.1) is 19.2 Å². The van der Waals surface area contributed by atoms with Crippen LogP contribution in [0.15, 0.2) is 66.9 Å². The van der Waals surface area contributed by atoms with Gasteiger partial charge in [0.1, 0.15) is 17.5 Å². The van der Waals surface area contributed by atoms with Gasteiger partial charge >= 0.3 is 5.97 Å². The fraction of sp³-hybridized carbons (Fsp3) is 0.130. The summed E-state index contributed by atoms with van der Waals surface area (Å²) in [6.45, 7) is 2.32. The first-order valence-corrected chi connectivity index (χ1v) is 10.3. The van der Waals surface area contributed by atoms with E-state index in [1.807, 2.05) is 36.1 Å². The number of pyridine rings is 1. The number of halogens is 1. The topological polar surface area (TPSA) is 68.2 Å². The number of rotatable bonds is 6. The van der Waals surface area contributed by atoms with Crippen molar-refractivity contribution in [2.75, 3.05) is 12.0 Å². The van der Waals surface area contributed by atoms with Crippen molar-refractivity contribution in [1.82, 2.24) is 14.3 Å². The number of methoxy groups -OCH3 is 1. The molecule has 31 heavy (non-hydrogen) atoms. The molecule has 2 aromatic heterocycles. The molecule has 156 valence electrons. The van der Waals surface area contributed by atoms with Crippen LogP contribution in [-0.2, 0) is 11.3 Å². The van der Waals surface area contributed by atoms with E-state index in [1.165, 1.54) is 30.8 Å². The largest absolute Gasteiger partial charge is 0.465 e. The molecule has 0 spiro atoms. The Balaban J connectivity index is 1.68. The first kappa shape index (κ1) is 20.6. The van der Waals surface area contributed by atoms with Crippen LogP contribution in [0.2, 0.25) is 0 Å². The van der Waals surface area contributed by atoms with Crippen molar-refractivity contribution < 1.29 is 13.9 Å². The zero-order valence-electron chi connectivity index (χ0n) is 16.9. The Labute approximate surface area is 183 Å². The van der Waals surface area contributed by atoms with Gasteiger partial charge < -0.3 is 4.74 Å². The summed E-state index contributed by atoms with van der Waals surface area (Å²) in [7, 11) is 1.36. The lowest BCUT2D eigenvalue weighted by Gasteiger charge is -2.21. The highest BCUT2D eigenvalue weighted by Crippen LogP contribution is 2.30. The third-order valence-electron chi connectivity index (χ3n) is 4.66. The molecule has 0 saturated heterocycles. The standard InChI is InChI=1S/C23H19FN4O2S/c1-15-26-23(31-27-15)28(14-16-3-5-18(6-4-16)22(29)30-2)21-13-19(11-12-25-21)17-7-9-20(24)10-8-17/h3-13H,14H2,1-2H3. The summed E-state index contributed by atoms with van der Waals surface area (Å²) in [6.07, 6.45) is 1.72. The first-order chi connectivity index (χ1) is 15.0. The number of aromatic nitrogens is 3. The lowest BCUT2D eigenvalue weighted by atomic mass is 10.1. The quantitative estimate of drug-likeness (QED) is 0.390. The zero-order valence-corrected chi connectivity index (χ0v) is 17.8. The van der Waals surface area contributed by atoms with Gasteiger partial charge in [0.25, 0.3) is 0 Å². The highest BCUT2D eigenvalue weighted by Gasteiger charge is 2.17. The van der Waals surface area contributed by atoms with Gasteiger partial charge in [0.15, 0.2) is 0 Å². The number of hydrogen-bond acceptors (Lipinski definition) is 7. The van der Waals surface area contributed by atoms with Crippen LogP contribution in [-0.4, -0.2) is 27.4 Å². The number of esters is 1. The third kappa shape index (κ3) is 4.75. The molecule has 0 radical (unpaired) electrons. The number of carbonyl (C=O) groups is 1. The van der Waals surface area contributed by atoms with E-state index in [0.29, 0.717) is 28.9 Å². The maximum atomic E-state index is 13.3. The second-order valence-electron chi connectivity index (χ2n) is 6.81. The van der Waals surface area contributed by atoms with E-state index in [1.54, 1.807) is 30.5 Å². The Kier molecular flexibility index (Phi) is 5.99. The number of ether oxygens (including phenoxy) is 1. The molecule has 0 unspecified atom stereocenters. The van der Waals surface area contributed by atoms with Crippen LogP contribution in [0.5, 0.6) is 0 Å². The molecule has 0 aliphatic heterocycles. The molecule has 0 atom stereocenters. The number of anilines is 2. The van der Waals surface area contributed by atoms with Gasteiger partial charge in [-0.3, -0.25) is 4.90 Å². The van der Waals surface area contributed by atoms with E-state index in [9.17, 15) is 9.18 Å². The van der Waals surface area contributed by atoms with E-state index >= 15 is 0 Å². The first-order valence-electron chi connectivity index (χ1n) is 9.50. The van der Waals surface area contributed by atoms with Gasteiger partial charge in [-0.2, -0.15) is 4.37 Å². The molecule has 4 rings (SSSR count). The van der Waals surface area contributed by atoms with Crippen molar-refractivity contribution in [2.45, 2.75) is 13.5 Å². The predicted molar refractivity (Wildman–Crippen MR) is 118 cm³/mol. The van der Waals surface area contributed by atoms with Gasteiger partial charge in [0.2, 0.25) is 5.13 Å². The average Bonchev–Trinajstić information content (AvgIpc) is 3.24. The SMILES string of the molecule is COC(=O)c1ccc(CN(c2cc(-c3ccc(F)cc3)ccn2)c2nc(C)ns2)cc1. The van der Waals surface area contributed by atoms with Crippen LogP contribution in [0.25, 0.3) is 11.1 Å². The molecule has 0 aliphatic carbocycles. The minimum atomic E-state index is -0.378. The van der Waals surface area contributed by atoms with Gasteiger partial charge in [-0.15, -0.1) is 0 Å². The predicted octanol–water partition coefficient (Wildman–Crippen LogP) is 5.17. The number of benzene rings is 2. The summed E-state index contributed by atoms with van der Waals surface area (Å²) < 4.78 is 22.4. The maximum absolute atomic E-state index is 13.3. The number of nitrogens with zero attached hydrogens (tertiary/aromatic N) is 4. The molecule has 0 fully saturated rings. The number of hydrogen-bond donors (Lipinski definition) is 0. The Hall–Kier alpha value is -3.65. The minimum absolute atomic E-state index is 0.278. The lowest BCUT2D eigenvalue weighted by molar-refractivity contribution is 0.0600. The summed E-state index contributed by atoms with van der Waals surface area (Å²) >= 11 is 1.29. The van der Waals surface area contributed by atoms with Crippen molar-refractivity contribution in [3.05, 3.63) is 89.6 Å². The van der Waals surface area contributed by atoms with E-state index < -0.39 is 0 Å². The molecule has 8 heteroatoms. The molecule has 6 nitrogen and oxygen atoms in total. The van der Waals surface area contributed by atoms with Gasteiger partial charge in [-0.05, 0) is 60.0 Å². The summed E-state index contributed by atoms with van der Waals surface area (Å²) in [5, 5.41) is 0.707. The van der Waals surface area contributed by atoms with E-state index in [-0.39, 0.29) is 11.8 Å². The van der Waals surface area contributed by atoms with Crippen LogP contribution < -0.4 is 4.90 Å². The van der Waals surface area contributed by atoms with Gasteiger partial charge in [-0.25, -0.2) is 19.2 Å². The average molecular weight is 434 g/mol. The molecule has 0 N–H and O–H groups in total. The Morgan fingerprint density at radius 1 is 1.06 bits per heavy atom. The summed E-state index contributed by atoms with van der Waals surface area (Å²) in [6, 6.07) is 17.4. The van der Waals surface area contributed by atoms with Crippen LogP contribution in [0.3, 0.4) is 0 Å². The Bertz CT molecular complexity index is 1190. The fourth-order valence-corrected chi connectivity index (χ4v) is 3.76. The van der Waals surface area contributed by atoms with Crippen LogP contribution >= 0.6 is 11.5 Å².